The van der Waals surface area contributed by atoms with Gasteiger partial charge < -0.3 is 0 Å². The van der Waals surface area contributed by atoms with Crippen LogP contribution in [-0.4, -0.2) is 102 Å². The molecule has 0 spiro atoms. The molecular weight excluding hydrogens is 561 g/mol. The number of carbonyl (C=O) groups is 1. The number of nitrogens with zero attached hydrogens (tertiary/aromatic N) is 8. The maximum atomic E-state index is 12.7. The number of aromatic nitrogens is 5. The molecule has 0 aromatic carbocycles. The molecule has 2 aliphatic heterocycles. The number of hydrogen-bond donors (Lipinski definition) is 2. The molecule has 0 saturated carbocycles. The predicted molar refractivity (Wildman–Crippen MR) is 149 cm³/mol. The molecule has 1 amide bonds. The van der Waals surface area contributed by atoms with Gasteiger partial charge in [0.05, 0.1) is 0 Å². The fraction of sp³-hybridized carbons (Fsp3) is 0.500. The van der Waals surface area contributed by atoms with E-state index in [-0.39, 0.29) is 11.5 Å². The first-order valence-corrected chi connectivity index (χ1v) is 15.2. The Morgan fingerprint density at radius 2 is 1.87 bits per heavy atom. The van der Waals surface area contributed by atoms with E-state index in [1.165, 1.54) is 13.8 Å². The molecule has 2 fully saturated rings. The van der Waals surface area contributed by atoms with E-state index < -0.39 is 21.4 Å². The second-order valence-corrected chi connectivity index (χ2v) is 13.2. The van der Waals surface area contributed by atoms with Crippen molar-refractivity contribution in [2.75, 3.05) is 49.1 Å². The van der Waals surface area contributed by atoms with Crippen molar-refractivity contribution in [3.63, 3.8) is 0 Å². The second kappa shape index (κ2) is 11.3. The van der Waals surface area contributed by atoms with Crippen LogP contribution < -0.4 is 24.2 Å². The van der Waals surface area contributed by atoms with Crippen LogP contribution in [0.25, 0.3) is 10.9 Å². The third-order valence-corrected chi connectivity index (χ3v) is 9.69. The number of nitrogens with one attached hydrogen (secondary N) is 1. The van der Waals surface area contributed by atoms with Gasteiger partial charge in [-0.2, -0.15) is 0 Å². The quantitative estimate of drug-likeness (QED) is 0.342. The van der Waals surface area contributed by atoms with Gasteiger partial charge in [0.15, 0.2) is 0 Å². The van der Waals surface area contributed by atoms with E-state index in [0.717, 1.165) is 40.6 Å². The first-order chi connectivity index (χ1) is 18.7. The van der Waals surface area contributed by atoms with E-state index >= 15 is 0 Å². The summed E-state index contributed by atoms with van der Waals surface area (Å²) in [5.74, 6) is 1.58. The van der Waals surface area contributed by atoms with Crippen molar-refractivity contribution in [1.29, 1.82) is 5.26 Å². The zero-order valence-corrected chi connectivity index (χ0v) is 24.2. The molecule has 5 rings (SSSR count). The Labute approximate surface area is 232 Å². The van der Waals surface area contributed by atoms with Crippen LogP contribution in [0.4, 0.5) is 11.8 Å². The van der Waals surface area contributed by atoms with Crippen molar-refractivity contribution in [2.45, 2.75) is 38.7 Å². The van der Waals surface area contributed by atoms with Crippen LogP contribution in [0.3, 0.4) is 0 Å². The third kappa shape index (κ3) is 6.05. The Kier molecular flexibility index (Phi) is 7.82. The van der Waals surface area contributed by atoms with Crippen LogP contribution in [0.1, 0.15) is 33.1 Å². The van der Waals surface area contributed by atoms with Crippen LogP contribution in [0.5, 0.6) is 0 Å². The number of carbonyl (C=O) groups excluding carboxylic acids is 1. The molecule has 2 saturated heterocycles. The van der Waals surface area contributed by atoms with E-state index in [0.29, 0.717) is 55.4 Å². The molecule has 1 unspecified atom stereocenters. The van der Waals surface area contributed by atoms with Crippen molar-refractivity contribution in [1.82, 2.24) is 30.0 Å². The van der Waals surface area contributed by atoms with E-state index in [9.17, 15) is 14.7 Å². The number of amides is 1. The number of piperazine rings is 1. The van der Waals surface area contributed by atoms with Gasteiger partial charge in [-0.05, 0) is 0 Å². The minimum absolute atomic E-state index is 0.260. The fourth-order valence-electron chi connectivity index (χ4n) is 5.00. The topological polar surface area (TPSA) is 155 Å². The number of rotatable bonds is 6. The number of anilines is 2. The summed E-state index contributed by atoms with van der Waals surface area (Å²) in [7, 11) is 0. The van der Waals surface area contributed by atoms with Crippen LogP contribution in [0, 0.1) is 17.2 Å². The van der Waals surface area contributed by atoms with Gasteiger partial charge in [-0.1, -0.05) is 0 Å². The van der Waals surface area contributed by atoms with E-state index in [2.05, 4.69) is 36.0 Å². The molecule has 2 N–H and O–H groups in total. The molecule has 1 atom stereocenters. The van der Waals surface area contributed by atoms with E-state index in [1.54, 1.807) is 11.1 Å². The van der Waals surface area contributed by atoms with Crippen LogP contribution >= 0.6 is 0 Å². The Hall–Kier alpha value is -3.55. The molecule has 3 aromatic heterocycles. The SMILES string of the molecule is CC(C)(O)C(=O)N1CCN(c2ccc([AsH]c3nc(N4CCC(CC#N)CC4)nc4cn[nH]c(=O)c34)cn2)CC1. The summed E-state index contributed by atoms with van der Waals surface area (Å²) in [5, 5.41) is 26.0. The van der Waals surface area contributed by atoms with Crippen molar-refractivity contribution in [3.8, 4) is 6.07 Å². The summed E-state index contributed by atoms with van der Waals surface area (Å²) in [6.07, 6.45) is 5.82. The van der Waals surface area contributed by atoms with Gasteiger partial charge in [-0.3, -0.25) is 0 Å². The van der Waals surface area contributed by atoms with Gasteiger partial charge >= 0.3 is 233 Å². The van der Waals surface area contributed by atoms with Crippen molar-refractivity contribution >= 4 is 53.2 Å². The molecule has 13 heteroatoms. The summed E-state index contributed by atoms with van der Waals surface area (Å²) < 4.78 is 1.77. The van der Waals surface area contributed by atoms with Gasteiger partial charge in [0.1, 0.15) is 0 Å². The summed E-state index contributed by atoms with van der Waals surface area (Å²) in [6.45, 7) is 6.91. The van der Waals surface area contributed by atoms with Crippen molar-refractivity contribution in [2.24, 2.45) is 5.92 Å². The normalized spacial score (nSPS) is 17.2. The van der Waals surface area contributed by atoms with Crippen molar-refractivity contribution in [3.05, 3.63) is 34.9 Å². The molecule has 0 aliphatic carbocycles. The zero-order valence-electron chi connectivity index (χ0n) is 22.1. The zero-order chi connectivity index (χ0) is 27.6. The number of aliphatic hydroxyl groups is 1. The molecule has 2 aliphatic rings. The number of aromatic amines is 1. The van der Waals surface area contributed by atoms with Gasteiger partial charge in [-0.15, -0.1) is 0 Å². The summed E-state index contributed by atoms with van der Waals surface area (Å²) >= 11 is -1.01. The fourth-order valence-corrected chi connectivity index (χ4v) is 7.29. The number of piperidine rings is 1. The minimum atomic E-state index is -1.37. The molecule has 5 heterocycles. The average molecular weight is 594 g/mol. The predicted octanol–water partition coefficient (Wildman–Crippen LogP) is -0.955. The molecule has 3 aromatic rings. The third-order valence-electron chi connectivity index (χ3n) is 7.21. The molecule has 0 bridgehead atoms. The number of fused-ring (bicyclic) bond motifs is 1. The maximum absolute atomic E-state index is 12.7. The van der Waals surface area contributed by atoms with E-state index in [1.807, 2.05) is 18.3 Å². The molecule has 12 nitrogen and oxygen atoms in total. The second-order valence-electron chi connectivity index (χ2n) is 10.5. The average Bonchev–Trinajstić information content (AvgIpc) is 2.93. The molecule has 39 heavy (non-hydrogen) atoms. The van der Waals surface area contributed by atoms with Gasteiger partial charge in [0.25, 0.3) is 0 Å². The van der Waals surface area contributed by atoms with Crippen LogP contribution in [0.2, 0.25) is 0 Å². The standard InChI is InChI=1S/C26H32AsN9O3/c1-26(2,39)24(38)35-13-11-34(12-14-35)20-4-3-18(15-29-20)27-22-21-19(16-30-33-23(21)37)31-25(32-22)36-9-6-17(5-8-28)7-10-36/h3-4,15-17,27,39H,5-7,9-14H2,1-2H3,(H,33,37). The number of hydrogen-bond acceptors (Lipinski definition) is 10. The Balaban J connectivity index is 1.32. The summed E-state index contributed by atoms with van der Waals surface area (Å²) in [5.41, 5.74) is -1.14. The summed E-state index contributed by atoms with van der Waals surface area (Å²) in [4.78, 5) is 45.2. The van der Waals surface area contributed by atoms with E-state index in [4.69, 9.17) is 10.2 Å². The van der Waals surface area contributed by atoms with Crippen LogP contribution in [-0.2, 0) is 4.79 Å². The molecule has 204 valence electrons. The van der Waals surface area contributed by atoms with Crippen LogP contribution in [0.15, 0.2) is 29.3 Å². The number of H-pyrrole nitrogens is 1. The monoisotopic (exact) mass is 593 g/mol. The summed E-state index contributed by atoms with van der Waals surface area (Å²) in [6, 6.07) is 6.28. The van der Waals surface area contributed by atoms with Gasteiger partial charge in [0, 0.05) is 0 Å². The number of nitriles is 1. The molecular formula is C26H32AsN9O3. The Morgan fingerprint density at radius 3 is 2.51 bits per heavy atom. The first-order valence-electron chi connectivity index (χ1n) is 13.1. The van der Waals surface area contributed by atoms with Gasteiger partial charge in [-0.25, -0.2) is 0 Å². The first kappa shape index (κ1) is 27.0. The molecule has 0 radical (unpaired) electrons. The van der Waals surface area contributed by atoms with Crippen molar-refractivity contribution < 1.29 is 9.90 Å². The Bertz CT molecular complexity index is 1430. The van der Waals surface area contributed by atoms with Gasteiger partial charge in [0.2, 0.25) is 0 Å². The Morgan fingerprint density at radius 1 is 1.13 bits per heavy atom. The number of pyridine rings is 1.